The molecule has 0 unspecified atom stereocenters. The Balaban J connectivity index is 1.89. The van der Waals surface area contributed by atoms with Gasteiger partial charge in [-0.3, -0.25) is 4.79 Å². The summed E-state index contributed by atoms with van der Waals surface area (Å²) in [6, 6.07) is 18.0. The summed E-state index contributed by atoms with van der Waals surface area (Å²) in [5.74, 6) is 0.449. The summed E-state index contributed by atoms with van der Waals surface area (Å²) in [6.45, 7) is 9.24. The quantitative estimate of drug-likeness (QED) is 0.0986. The van der Waals surface area contributed by atoms with E-state index >= 15 is 0 Å². The summed E-state index contributed by atoms with van der Waals surface area (Å²) in [5.41, 5.74) is 3.72. The van der Waals surface area contributed by atoms with E-state index in [-0.39, 0.29) is 12.5 Å². The molecule has 218 valence electrons. The second-order valence-electron chi connectivity index (χ2n) is 10.7. The maximum absolute atomic E-state index is 13.6. The molecule has 3 aromatic carbocycles. The molecule has 0 aromatic heterocycles. The molecule has 0 aliphatic rings. The van der Waals surface area contributed by atoms with E-state index < -0.39 is 10.7 Å². The first kappa shape index (κ1) is 31.8. The van der Waals surface area contributed by atoms with Crippen molar-refractivity contribution in [1.82, 2.24) is 10.2 Å². The highest BCUT2D eigenvalue weighted by Crippen LogP contribution is 2.32. The van der Waals surface area contributed by atoms with Gasteiger partial charge < -0.3 is 19.7 Å². The summed E-state index contributed by atoms with van der Waals surface area (Å²) in [4.78, 5) is 39.5. The van der Waals surface area contributed by atoms with Crippen LogP contribution in [0, 0.1) is 11.8 Å². The van der Waals surface area contributed by atoms with Crippen molar-refractivity contribution in [1.29, 1.82) is 0 Å². The first-order chi connectivity index (χ1) is 19.6. The Morgan fingerprint density at radius 3 is 2.24 bits per heavy atom. The molecule has 8 nitrogen and oxygen atoms in total. The predicted molar refractivity (Wildman–Crippen MR) is 166 cm³/mol. The van der Waals surface area contributed by atoms with Crippen molar-refractivity contribution in [3.63, 3.8) is 0 Å². The fraction of sp³-hybridized carbons (Fsp3) is 0.375. The smallest absolute Gasteiger partial charge is 0.344 e. The van der Waals surface area contributed by atoms with Gasteiger partial charge in [0.25, 0.3) is 5.91 Å². The van der Waals surface area contributed by atoms with Crippen molar-refractivity contribution in [2.45, 2.75) is 45.3 Å². The third-order valence-corrected chi connectivity index (χ3v) is 7.16. The number of aryl methyl sites for hydroxylation is 2. The molecule has 3 aromatic rings. The van der Waals surface area contributed by atoms with E-state index in [2.05, 4.69) is 21.7 Å². The van der Waals surface area contributed by atoms with Gasteiger partial charge in [0.15, 0.2) is 0 Å². The van der Waals surface area contributed by atoms with Crippen LogP contribution in [-0.2, 0) is 6.42 Å². The van der Waals surface area contributed by atoms with Crippen molar-refractivity contribution in [3.8, 4) is 22.6 Å². The molecule has 0 aliphatic carbocycles. The van der Waals surface area contributed by atoms with Gasteiger partial charge in [-0.2, -0.15) is 0 Å². The van der Waals surface area contributed by atoms with Crippen LogP contribution in [0.25, 0.3) is 11.1 Å². The minimum absolute atomic E-state index is 0.245. The number of ether oxygens (including phenoxy) is 2. The van der Waals surface area contributed by atoms with Crippen LogP contribution in [-0.4, -0.2) is 55.3 Å². The zero-order chi connectivity index (χ0) is 30.0. The van der Waals surface area contributed by atoms with Gasteiger partial charge in [-0.25, -0.2) is 4.79 Å². The fourth-order valence-electron chi connectivity index (χ4n) is 4.24. The number of benzene rings is 3. The third-order valence-electron chi connectivity index (χ3n) is 6.44. The predicted octanol–water partition coefficient (Wildman–Crippen LogP) is 6.70. The van der Waals surface area contributed by atoms with E-state index in [1.165, 1.54) is 0 Å². The lowest BCUT2D eigenvalue weighted by molar-refractivity contribution is 0.0733. The number of carbonyl (C=O) groups excluding carboxylic acids is 2. The molecule has 9 heteroatoms. The molecule has 0 heterocycles. The minimum Gasteiger partial charge on any atom is -0.492 e. The maximum atomic E-state index is 13.6. The van der Waals surface area contributed by atoms with Gasteiger partial charge >= 0.3 is 5.97 Å². The molecule has 0 saturated carbocycles. The van der Waals surface area contributed by atoms with Gasteiger partial charge in [0, 0.05) is 35.2 Å². The van der Waals surface area contributed by atoms with Crippen LogP contribution >= 0.6 is 11.9 Å². The number of hydrogen-bond acceptors (Lipinski definition) is 8. The zero-order valence-electron chi connectivity index (χ0n) is 24.7. The van der Waals surface area contributed by atoms with E-state index in [0.717, 1.165) is 48.2 Å². The summed E-state index contributed by atoms with van der Waals surface area (Å²) >= 11 is 0.873. The number of rotatable bonds is 14. The molecule has 0 aliphatic heterocycles. The largest absolute Gasteiger partial charge is 0.492 e. The Kier molecular flexibility index (Phi) is 11.5. The minimum atomic E-state index is -0.560. The first-order valence-electron chi connectivity index (χ1n) is 13.7. The van der Waals surface area contributed by atoms with E-state index in [1.807, 2.05) is 59.1 Å². The highest BCUT2D eigenvalue weighted by molar-refractivity contribution is 7.99. The number of nitrogens with one attached hydrogen (secondary N) is 1. The van der Waals surface area contributed by atoms with Crippen LogP contribution in [0.2, 0.25) is 0 Å². The second-order valence-corrected chi connectivity index (χ2v) is 12.2. The van der Waals surface area contributed by atoms with Crippen LogP contribution in [0.3, 0.4) is 0 Å². The van der Waals surface area contributed by atoms with Crippen molar-refractivity contribution in [3.05, 3.63) is 87.8 Å². The zero-order valence-corrected chi connectivity index (χ0v) is 25.5. The number of nitroso groups, excluding NO2 is 1. The molecule has 41 heavy (non-hydrogen) atoms. The van der Waals surface area contributed by atoms with E-state index in [0.29, 0.717) is 34.6 Å². The average molecular weight is 578 g/mol. The molecule has 1 N–H and O–H groups in total. The fourth-order valence-corrected chi connectivity index (χ4v) is 4.58. The lowest BCUT2D eigenvalue weighted by Crippen LogP contribution is -2.36. The Morgan fingerprint density at radius 1 is 0.976 bits per heavy atom. The number of likely N-dealkylation sites (N-methyl/N-ethyl adjacent to an activating group) is 1. The average Bonchev–Trinajstić information content (AvgIpc) is 2.94. The van der Waals surface area contributed by atoms with Crippen LogP contribution in [0.4, 0.5) is 0 Å². The van der Waals surface area contributed by atoms with Gasteiger partial charge in [-0.15, -0.1) is 4.91 Å². The molecule has 0 radical (unpaired) electrons. The molecule has 0 atom stereocenters. The number of esters is 1. The number of carbonyl (C=O) groups is 2. The van der Waals surface area contributed by atoms with Gasteiger partial charge in [0.05, 0.1) is 10.3 Å². The Morgan fingerprint density at radius 2 is 1.61 bits per heavy atom. The van der Waals surface area contributed by atoms with Gasteiger partial charge in [0.2, 0.25) is 0 Å². The Labute approximate surface area is 246 Å². The van der Waals surface area contributed by atoms with Gasteiger partial charge in [-0.05, 0) is 87.8 Å². The summed E-state index contributed by atoms with van der Waals surface area (Å²) in [5, 5.41) is 2.88. The van der Waals surface area contributed by atoms with Gasteiger partial charge in [0.1, 0.15) is 18.1 Å². The lowest BCUT2D eigenvalue weighted by Gasteiger charge is -2.20. The highest BCUT2D eigenvalue weighted by Gasteiger charge is 2.24. The van der Waals surface area contributed by atoms with Crippen molar-refractivity contribution < 1.29 is 19.1 Å². The molecule has 3 rings (SSSR count). The summed E-state index contributed by atoms with van der Waals surface area (Å²) in [7, 11) is 4.00. The van der Waals surface area contributed by atoms with Crippen molar-refractivity contribution in [2.24, 2.45) is 4.58 Å². The van der Waals surface area contributed by atoms with Crippen molar-refractivity contribution >= 4 is 23.8 Å². The van der Waals surface area contributed by atoms with Crippen LogP contribution in [0.1, 0.15) is 59.0 Å². The van der Waals surface area contributed by atoms with Crippen molar-refractivity contribution in [2.75, 3.05) is 33.8 Å². The van der Waals surface area contributed by atoms with E-state index in [9.17, 15) is 14.5 Å². The molecule has 1 amide bonds. The molecular formula is C32H39N3O5S. The molecule has 0 fully saturated rings. The SMILES string of the molecule is CCCc1cc(OC(=O)c2ccccc2-c2ccccc2C(=O)NCC(C)(C)SN=O)c(C)cc1OCCN(C)C. The standard InChI is InChI=1S/C32H39N3O5S/c1-7-12-23-20-28(22(2)19-29(23)39-18-17-35(5)6)40-31(37)27-16-11-9-14-25(27)24-13-8-10-15-26(24)30(36)33-21-32(3,4)41-34-38/h8-11,13-16,19-20H,7,12,17-18,21H2,1-6H3,(H,33,36). The van der Waals surface area contributed by atoms with E-state index in [4.69, 9.17) is 9.47 Å². The van der Waals surface area contributed by atoms with Crippen LogP contribution in [0.15, 0.2) is 65.2 Å². The number of hydrogen-bond donors (Lipinski definition) is 1. The normalized spacial score (nSPS) is 11.3. The maximum Gasteiger partial charge on any atom is 0.344 e. The topological polar surface area (TPSA) is 97.3 Å². The van der Waals surface area contributed by atoms with Crippen LogP contribution in [0.5, 0.6) is 11.5 Å². The second kappa shape index (κ2) is 14.8. The third kappa shape index (κ3) is 8.90. The molecule has 0 saturated heterocycles. The number of amides is 1. The highest BCUT2D eigenvalue weighted by atomic mass is 32.2. The Hall–Kier alpha value is -3.69. The summed E-state index contributed by atoms with van der Waals surface area (Å²) in [6.07, 6.45) is 1.71. The molecule has 0 spiro atoms. The number of nitrogens with zero attached hydrogens (tertiary/aromatic N) is 2. The monoisotopic (exact) mass is 577 g/mol. The molecular weight excluding hydrogens is 538 g/mol. The first-order valence-corrected chi connectivity index (χ1v) is 14.4. The summed E-state index contributed by atoms with van der Waals surface area (Å²) < 4.78 is 14.3. The lowest BCUT2D eigenvalue weighted by atomic mass is 9.95. The Bertz CT molecular complexity index is 1370. The van der Waals surface area contributed by atoms with E-state index in [1.54, 1.807) is 36.4 Å². The molecule has 0 bridgehead atoms. The van der Waals surface area contributed by atoms with Crippen LogP contribution < -0.4 is 14.8 Å². The van der Waals surface area contributed by atoms with Gasteiger partial charge in [-0.1, -0.05) is 49.7 Å².